The Morgan fingerprint density at radius 1 is 1.00 bits per heavy atom. The van der Waals surface area contributed by atoms with Gasteiger partial charge in [0.2, 0.25) is 10.0 Å². The summed E-state index contributed by atoms with van der Waals surface area (Å²) in [5.74, 6) is 0. The van der Waals surface area contributed by atoms with Crippen LogP contribution in [0.1, 0.15) is 5.69 Å². The number of hydrogen-bond acceptors (Lipinski definition) is 6. The van der Waals surface area contributed by atoms with Crippen LogP contribution in [-0.4, -0.2) is 48.8 Å². The number of piperazine rings is 1. The molecule has 1 aliphatic rings. The molecule has 0 unspecified atom stereocenters. The molecule has 0 atom stereocenters. The predicted octanol–water partition coefficient (Wildman–Crippen LogP) is 2.96. The SMILES string of the molecule is Cc1cc(N2CCN(S(=O)(=O)c3ccccc3)CC2)c2cccc([N+](=O)[O-])c2n1. The first kappa shape index (κ1) is 19.3. The molecule has 2 aromatic carbocycles. The van der Waals surface area contributed by atoms with Crippen molar-refractivity contribution >= 4 is 32.3 Å². The molecule has 9 heteroatoms. The van der Waals surface area contributed by atoms with Gasteiger partial charge < -0.3 is 4.90 Å². The van der Waals surface area contributed by atoms with Gasteiger partial charge in [0.05, 0.1) is 9.82 Å². The lowest BCUT2D eigenvalue weighted by Gasteiger charge is -2.36. The van der Waals surface area contributed by atoms with Crippen LogP contribution in [-0.2, 0) is 10.0 Å². The number of anilines is 1. The van der Waals surface area contributed by atoms with Crippen LogP contribution in [0.3, 0.4) is 0 Å². The molecule has 3 aromatic rings. The van der Waals surface area contributed by atoms with Crippen molar-refractivity contribution in [3.63, 3.8) is 0 Å². The molecule has 0 aliphatic carbocycles. The van der Waals surface area contributed by atoms with E-state index < -0.39 is 14.9 Å². The van der Waals surface area contributed by atoms with E-state index in [0.717, 1.165) is 5.69 Å². The molecule has 1 aromatic heterocycles. The molecular formula is C20H20N4O4S. The van der Waals surface area contributed by atoms with Gasteiger partial charge >= 0.3 is 0 Å². The third-order valence-corrected chi connectivity index (χ3v) is 6.99. The van der Waals surface area contributed by atoms with Crippen LogP contribution in [0.2, 0.25) is 0 Å². The minimum atomic E-state index is -3.53. The molecular weight excluding hydrogens is 392 g/mol. The van der Waals surface area contributed by atoms with E-state index in [1.165, 1.54) is 10.4 Å². The maximum absolute atomic E-state index is 12.8. The van der Waals surface area contributed by atoms with E-state index in [1.807, 2.05) is 12.1 Å². The van der Waals surface area contributed by atoms with Gasteiger partial charge in [-0.05, 0) is 25.1 Å². The Balaban J connectivity index is 1.63. The number of aromatic nitrogens is 1. The van der Waals surface area contributed by atoms with Crippen molar-refractivity contribution in [1.29, 1.82) is 0 Å². The molecule has 0 radical (unpaired) electrons. The fraction of sp³-hybridized carbons (Fsp3) is 0.250. The number of rotatable bonds is 4. The van der Waals surface area contributed by atoms with Gasteiger partial charge in [-0.3, -0.25) is 10.1 Å². The molecule has 2 heterocycles. The zero-order valence-corrected chi connectivity index (χ0v) is 16.7. The monoisotopic (exact) mass is 412 g/mol. The fourth-order valence-electron chi connectivity index (χ4n) is 3.66. The molecule has 1 saturated heterocycles. The van der Waals surface area contributed by atoms with Crippen molar-refractivity contribution < 1.29 is 13.3 Å². The lowest BCUT2D eigenvalue weighted by molar-refractivity contribution is -0.383. The van der Waals surface area contributed by atoms with E-state index in [2.05, 4.69) is 9.88 Å². The maximum Gasteiger partial charge on any atom is 0.295 e. The molecule has 8 nitrogen and oxygen atoms in total. The number of benzene rings is 2. The second-order valence-electron chi connectivity index (χ2n) is 6.92. The number of nitro groups is 1. The summed E-state index contributed by atoms with van der Waals surface area (Å²) in [6, 6.07) is 15.2. The van der Waals surface area contributed by atoms with Crippen LogP contribution in [0.25, 0.3) is 10.9 Å². The van der Waals surface area contributed by atoms with E-state index in [1.54, 1.807) is 43.3 Å². The third-order valence-electron chi connectivity index (χ3n) is 5.08. The minimum Gasteiger partial charge on any atom is -0.368 e. The summed E-state index contributed by atoms with van der Waals surface area (Å²) in [5.41, 5.74) is 1.85. The van der Waals surface area contributed by atoms with Crippen LogP contribution in [0.4, 0.5) is 11.4 Å². The normalized spacial score (nSPS) is 15.6. The van der Waals surface area contributed by atoms with Crippen molar-refractivity contribution in [3.05, 3.63) is 70.4 Å². The summed E-state index contributed by atoms with van der Waals surface area (Å²) in [5, 5.41) is 12.1. The number of para-hydroxylation sites is 1. The molecule has 4 rings (SSSR count). The summed E-state index contributed by atoms with van der Waals surface area (Å²) in [7, 11) is -3.53. The van der Waals surface area contributed by atoms with Crippen molar-refractivity contribution in [2.75, 3.05) is 31.1 Å². The number of fused-ring (bicyclic) bond motifs is 1. The molecule has 1 aliphatic heterocycles. The Labute approximate surface area is 168 Å². The van der Waals surface area contributed by atoms with Crippen LogP contribution >= 0.6 is 0 Å². The lowest BCUT2D eigenvalue weighted by atomic mass is 10.1. The minimum absolute atomic E-state index is 0.0299. The van der Waals surface area contributed by atoms with Crippen LogP contribution in [0.5, 0.6) is 0 Å². The summed E-state index contributed by atoms with van der Waals surface area (Å²) in [4.78, 5) is 17.7. The third kappa shape index (κ3) is 3.54. The van der Waals surface area contributed by atoms with Crippen molar-refractivity contribution in [1.82, 2.24) is 9.29 Å². The molecule has 0 spiro atoms. The topological polar surface area (TPSA) is 96.7 Å². The fourth-order valence-corrected chi connectivity index (χ4v) is 5.10. The highest BCUT2D eigenvalue weighted by Gasteiger charge is 2.29. The first-order valence-corrected chi connectivity index (χ1v) is 10.7. The smallest absolute Gasteiger partial charge is 0.295 e. The molecule has 0 N–H and O–H groups in total. The standard InChI is InChI=1S/C20H20N4O4S/c1-15-14-19(17-8-5-9-18(24(25)26)20(17)21-15)22-10-12-23(13-11-22)29(27,28)16-6-3-2-4-7-16/h2-9,14H,10-13H2,1H3. The van der Waals surface area contributed by atoms with Crippen LogP contribution < -0.4 is 4.90 Å². The van der Waals surface area contributed by atoms with Gasteiger partial charge in [-0.15, -0.1) is 0 Å². The van der Waals surface area contributed by atoms with Gasteiger partial charge in [0, 0.05) is 49.0 Å². The number of pyridine rings is 1. The second kappa shape index (κ2) is 7.41. The second-order valence-corrected chi connectivity index (χ2v) is 8.86. The quantitative estimate of drug-likeness (QED) is 0.483. The summed E-state index contributed by atoms with van der Waals surface area (Å²) >= 11 is 0. The Hall–Kier alpha value is -3.04. The van der Waals surface area contributed by atoms with Gasteiger partial charge in [-0.2, -0.15) is 4.31 Å². The van der Waals surface area contributed by atoms with Gasteiger partial charge in [0.15, 0.2) is 5.52 Å². The number of hydrogen-bond donors (Lipinski definition) is 0. The highest BCUT2D eigenvalue weighted by atomic mass is 32.2. The van der Waals surface area contributed by atoms with E-state index in [0.29, 0.717) is 42.8 Å². The van der Waals surface area contributed by atoms with Gasteiger partial charge in [0.1, 0.15) is 0 Å². The largest absolute Gasteiger partial charge is 0.368 e. The summed E-state index contributed by atoms with van der Waals surface area (Å²) in [6.45, 7) is 3.47. The number of nitro benzene ring substituents is 1. The zero-order chi connectivity index (χ0) is 20.6. The Bertz CT molecular complexity index is 1170. The number of nitrogens with zero attached hydrogens (tertiary/aromatic N) is 4. The zero-order valence-electron chi connectivity index (χ0n) is 15.9. The van der Waals surface area contributed by atoms with Gasteiger partial charge in [-0.1, -0.05) is 30.3 Å². The molecule has 150 valence electrons. The molecule has 0 amide bonds. The van der Waals surface area contributed by atoms with Gasteiger partial charge in [0.25, 0.3) is 5.69 Å². The van der Waals surface area contributed by atoms with Crippen LogP contribution in [0, 0.1) is 17.0 Å². The number of non-ortho nitro benzene ring substituents is 1. The molecule has 1 fully saturated rings. The van der Waals surface area contributed by atoms with Gasteiger partial charge in [-0.25, -0.2) is 13.4 Å². The van der Waals surface area contributed by atoms with Crippen molar-refractivity contribution in [3.8, 4) is 0 Å². The first-order valence-electron chi connectivity index (χ1n) is 9.23. The summed E-state index contributed by atoms with van der Waals surface area (Å²) in [6.07, 6.45) is 0. The average molecular weight is 412 g/mol. The summed E-state index contributed by atoms with van der Waals surface area (Å²) < 4.78 is 27.2. The highest BCUT2D eigenvalue weighted by Crippen LogP contribution is 2.33. The predicted molar refractivity (Wildman–Crippen MR) is 111 cm³/mol. The van der Waals surface area contributed by atoms with E-state index in [4.69, 9.17) is 0 Å². The average Bonchev–Trinajstić information content (AvgIpc) is 2.73. The number of aryl methyl sites for hydroxylation is 1. The van der Waals surface area contributed by atoms with Crippen molar-refractivity contribution in [2.24, 2.45) is 0 Å². The Kier molecular flexibility index (Phi) is 4.93. The first-order chi connectivity index (χ1) is 13.9. The lowest BCUT2D eigenvalue weighted by Crippen LogP contribution is -2.48. The Morgan fingerprint density at radius 2 is 1.69 bits per heavy atom. The Morgan fingerprint density at radius 3 is 2.34 bits per heavy atom. The van der Waals surface area contributed by atoms with Crippen LogP contribution in [0.15, 0.2) is 59.5 Å². The highest BCUT2D eigenvalue weighted by molar-refractivity contribution is 7.89. The maximum atomic E-state index is 12.8. The molecule has 0 bridgehead atoms. The molecule has 29 heavy (non-hydrogen) atoms. The van der Waals surface area contributed by atoms with E-state index in [9.17, 15) is 18.5 Å². The van der Waals surface area contributed by atoms with Crippen molar-refractivity contribution in [2.45, 2.75) is 11.8 Å². The molecule has 0 saturated carbocycles. The van der Waals surface area contributed by atoms with E-state index >= 15 is 0 Å². The number of sulfonamides is 1. The van der Waals surface area contributed by atoms with E-state index in [-0.39, 0.29) is 10.6 Å².